The monoisotopic (exact) mass is 355 g/mol. The second-order valence-electron chi connectivity index (χ2n) is 7.02. The highest BCUT2D eigenvalue weighted by molar-refractivity contribution is 5.76. The van der Waals surface area contributed by atoms with Crippen LogP contribution in [0.3, 0.4) is 0 Å². The molecule has 0 atom stereocenters. The standard InChI is InChI=1S/C20H29N5O/c1-2-24(17-11-5-3-6-12-17)20(26)16-10-9-15-19-21-22-23-25(19)18-13-7-4-8-14-18/h4,7-8,13-14,17H,2-3,5-6,9-12,15-16H2,1H3. The van der Waals surface area contributed by atoms with E-state index in [1.807, 2.05) is 30.3 Å². The predicted molar refractivity (Wildman–Crippen MR) is 101 cm³/mol. The third kappa shape index (κ3) is 4.68. The van der Waals surface area contributed by atoms with Crippen LogP contribution in [0.5, 0.6) is 0 Å². The molecular formula is C20H29N5O. The van der Waals surface area contributed by atoms with Crippen LogP contribution in [0.25, 0.3) is 5.69 Å². The van der Waals surface area contributed by atoms with Crippen LogP contribution >= 0.6 is 0 Å². The van der Waals surface area contributed by atoms with Gasteiger partial charge in [-0.15, -0.1) is 5.10 Å². The van der Waals surface area contributed by atoms with Crippen LogP contribution < -0.4 is 0 Å². The van der Waals surface area contributed by atoms with Gasteiger partial charge in [0, 0.05) is 25.4 Å². The van der Waals surface area contributed by atoms with Gasteiger partial charge >= 0.3 is 0 Å². The van der Waals surface area contributed by atoms with Crippen molar-refractivity contribution < 1.29 is 4.79 Å². The first-order valence-corrected chi connectivity index (χ1v) is 9.91. The van der Waals surface area contributed by atoms with Crippen LogP contribution in [0.15, 0.2) is 30.3 Å². The van der Waals surface area contributed by atoms with Gasteiger partial charge in [0.1, 0.15) is 0 Å². The molecule has 1 aromatic carbocycles. The van der Waals surface area contributed by atoms with Crippen molar-refractivity contribution in [3.63, 3.8) is 0 Å². The lowest BCUT2D eigenvalue weighted by Crippen LogP contribution is -2.41. The Morgan fingerprint density at radius 1 is 1.15 bits per heavy atom. The van der Waals surface area contributed by atoms with Crippen molar-refractivity contribution in [1.82, 2.24) is 25.1 Å². The summed E-state index contributed by atoms with van der Waals surface area (Å²) in [5.41, 5.74) is 0.970. The molecule has 1 aromatic heterocycles. The van der Waals surface area contributed by atoms with Crippen molar-refractivity contribution in [3.8, 4) is 5.69 Å². The Bertz CT molecular complexity index is 679. The Morgan fingerprint density at radius 3 is 2.65 bits per heavy atom. The van der Waals surface area contributed by atoms with Crippen LogP contribution in [-0.2, 0) is 11.2 Å². The Morgan fingerprint density at radius 2 is 1.92 bits per heavy atom. The molecule has 6 nitrogen and oxygen atoms in total. The summed E-state index contributed by atoms with van der Waals surface area (Å²) in [5, 5.41) is 12.0. The number of carbonyl (C=O) groups excluding carboxylic acids is 1. The molecule has 1 saturated carbocycles. The van der Waals surface area contributed by atoms with Crippen molar-refractivity contribution in [3.05, 3.63) is 36.2 Å². The van der Waals surface area contributed by atoms with Crippen molar-refractivity contribution in [1.29, 1.82) is 0 Å². The van der Waals surface area contributed by atoms with Crippen LogP contribution in [0.2, 0.25) is 0 Å². The molecule has 0 radical (unpaired) electrons. The summed E-state index contributed by atoms with van der Waals surface area (Å²) >= 11 is 0. The van der Waals surface area contributed by atoms with Gasteiger partial charge in [0.15, 0.2) is 5.82 Å². The van der Waals surface area contributed by atoms with E-state index in [4.69, 9.17) is 0 Å². The first kappa shape index (κ1) is 18.5. The Hall–Kier alpha value is -2.24. The highest BCUT2D eigenvalue weighted by Crippen LogP contribution is 2.23. The van der Waals surface area contributed by atoms with Crippen LogP contribution in [-0.4, -0.2) is 43.6 Å². The SMILES string of the molecule is CCN(C(=O)CCCCc1nnnn1-c1ccccc1)C1CCCCC1. The van der Waals surface area contributed by atoms with E-state index < -0.39 is 0 Å². The van der Waals surface area contributed by atoms with Crippen LogP contribution in [0, 0.1) is 0 Å². The van der Waals surface area contributed by atoms with Gasteiger partial charge in [-0.25, -0.2) is 0 Å². The summed E-state index contributed by atoms with van der Waals surface area (Å²) in [6, 6.07) is 10.4. The molecule has 26 heavy (non-hydrogen) atoms. The number of aryl methyl sites for hydroxylation is 1. The Kier molecular flexibility index (Phi) is 6.75. The maximum atomic E-state index is 12.6. The molecule has 2 aromatic rings. The molecule has 0 spiro atoms. The van der Waals surface area contributed by atoms with E-state index in [0.717, 1.165) is 37.3 Å². The summed E-state index contributed by atoms with van der Waals surface area (Å²) in [6.07, 6.45) is 9.38. The molecule has 3 rings (SSSR count). The summed E-state index contributed by atoms with van der Waals surface area (Å²) in [6.45, 7) is 2.93. The van der Waals surface area contributed by atoms with E-state index in [9.17, 15) is 4.79 Å². The van der Waals surface area contributed by atoms with Gasteiger partial charge in [0.25, 0.3) is 0 Å². The molecule has 1 fully saturated rings. The lowest BCUT2D eigenvalue weighted by atomic mass is 9.94. The van der Waals surface area contributed by atoms with Crippen molar-refractivity contribution in [2.45, 2.75) is 70.8 Å². The number of para-hydroxylation sites is 1. The number of benzene rings is 1. The minimum atomic E-state index is 0.307. The molecule has 140 valence electrons. The number of carbonyl (C=O) groups is 1. The number of hydrogen-bond acceptors (Lipinski definition) is 4. The van der Waals surface area contributed by atoms with E-state index in [0.29, 0.717) is 18.4 Å². The molecule has 1 heterocycles. The van der Waals surface area contributed by atoms with Crippen molar-refractivity contribution >= 4 is 5.91 Å². The first-order chi connectivity index (χ1) is 12.8. The van der Waals surface area contributed by atoms with E-state index in [2.05, 4.69) is 27.3 Å². The smallest absolute Gasteiger partial charge is 0.222 e. The molecule has 1 aliphatic carbocycles. The average molecular weight is 355 g/mol. The molecule has 0 N–H and O–H groups in total. The fourth-order valence-electron chi connectivity index (χ4n) is 3.87. The van der Waals surface area contributed by atoms with Gasteiger partial charge in [0.2, 0.25) is 5.91 Å². The van der Waals surface area contributed by atoms with Gasteiger partial charge in [-0.05, 0) is 55.2 Å². The zero-order chi connectivity index (χ0) is 18.2. The molecule has 0 saturated heterocycles. The molecule has 0 unspecified atom stereocenters. The van der Waals surface area contributed by atoms with Gasteiger partial charge in [0.05, 0.1) is 5.69 Å². The fraction of sp³-hybridized carbons (Fsp3) is 0.600. The zero-order valence-corrected chi connectivity index (χ0v) is 15.7. The average Bonchev–Trinajstić information content (AvgIpc) is 3.16. The second kappa shape index (κ2) is 9.46. The molecular weight excluding hydrogens is 326 g/mol. The molecule has 6 heteroatoms. The fourth-order valence-corrected chi connectivity index (χ4v) is 3.87. The number of rotatable bonds is 8. The summed E-state index contributed by atoms with van der Waals surface area (Å²) < 4.78 is 1.78. The van der Waals surface area contributed by atoms with E-state index in [1.165, 1.54) is 32.1 Å². The number of nitrogens with zero attached hydrogens (tertiary/aromatic N) is 5. The van der Waals surface area contributed by atoms with Gasteiger partial charge in [-0.3, -0.25) is 4.79 Å². The number of hydrogen-bond donors (Lipinski definition) is 0. The number of aromatic nitrogens is 4. The molecule has 1 amide bonds. The maximum Gasteiger partial charge on any atom is 0.222 e. The van der Waals surface area contributed by atoms with Crippen LogP contribution in [0.1, 0.15) is 64.1 Å². The topological polar surface area (TPSA) is 63.9 Å². The summed E-state index contributed by atoms with van der Waals surface area (Å²) in [4.78, 5) is 14.7. The van der Waals surface area contributed by atoms with Gasteiger partial charge < -0.3 is 4.90 Å². The minimum absolute atomic E-state index is 0.307. The highest BCUT2D eigenvalue weighted by Gasteiger charge is 2.23. The van der Waals surface area contributed by atoms with E-state index in [1.54, 1.807) is 4.68 Å². The third-order valence-corrected chi connectivity index (χ3v) is 5.25. The summed E-state index contributed by atoms with van der Waals surface area (Å²) in [5.74, 6) is 1.16. The number of unbranched alkanes of at least 4 members (excludes halogenated alkanes) is 1. The molecule has 1 aliphatic rings. The van der Waals surface area contributed by atoms with Crippen molar-refractivity contribution in [2.24, 2.45) is 0 Å². The lowest BCUT2D eigenvalue weighted by molar-refractivity contribution is -0.134. The van der Waals surface area contributed by atoms with E-state index >= 15 is 0 Å². The largest absolute Gasteiger partial charge is 0.340 e. The first-order valence-electron chi connectivity index (χ1n) is 9.91. The zero-order valence-electron chi connectivity index (χ0n) is 15.7. The van der Waals surface area contributed by atoms with E-state index in [-0.39, 0.29) is 0 Å². The predicted octanol–water partition coefficient (Wildman–Crippen LogP) is 3.56. The quantitative estimate of drug-likeness (QED) is 0.679. The molecule has 0 bridgehead atoms. The second-order valence-corrected chi connectivity index (χ2v) is 7.02. The maximum absolute atomic E-state index is 12.6. The highest BCUT2D eigenvalue weighted by atomic mass is 16.2. The van der Waals surface area contributed by atoms with Gasteiger partial charge in [-0.2, -0.15) is 4.68 Å². The normalized spacial score (nSPS) is 15.1. The van der Waals surface area contributed by atoms with Crippen LogP contribution in [0.4, 0.5) is 0 Å². The third-order valence-electron chi connectivity index (χ3n) is 5.25. The number of tetrazole rings is 1. The van der Waals surface area contributed by atoms with Gasteiger partial charge in [-0.1, -0.05) is 37.5 Å². The molecule has 0 aliphatic heterocycles. The lowest BCUT2D eigenvalue weighted by Gasteiger charge is -2.33. The Balaban J connectivity index is 1.47. The Labute approximate surface area is 155 Å². The number of amides is 1. The summed E-state index contributed by atoms with van der Waals surface area (Å²) in [7, 11) is 0. The minimum Gasteiger partial charge on any atom is -0.340 e. The van der Waals surface area contributed by atoms with Crippen molar-refractivity contribution in [2.75, 3.05) is 6.54 Å².